The summed E-state index contributed by atoms with van der Waals surface area (Å²) in [5, 5.41) is 63.9. The first kappa shape index (κ1) is 33.4. The first-order chi connectivity index (χ1) is 11.6. The standard InChI is InChI=1S/2C6H8O7.2Fe/c2*7-3(8)1-6(13,5(11)12)2-4(9)10;;/h2*13H,1-2H2,(H,7,8)(H,9,10)(H,11,12);;/p+2. The minimum absolute atomic E-state index is 0. The second-order valence-corrected chi connectivity index (χ2v) is 5.06. The van der Waals surface area contributed by atoms with Gasteiger partial charge in [-0.3, -0.25) is 19.2 Å². The van der Waals surface area contributed by atoms with Crippen molar-refractivity contribution in [2.24, 2.45) is 0 Å². The van der Waals surface area contributed by atoms with Gasteiger partial charge < -0.3 is 40.9 Å². The summed E-state index contributed by atoms with van der Waals surface area (Å²) in [7, 11) is 0. The first-order valence-corrected chi connectivity index (χ1v) is 6.39. The van der Waals surface area contributed by atoms with Crippen LogP contribution < -0.4 is 0 Å². The zero-order valence-electron chi connectivity index (χ0n) is 13.7. The second-order valence-electron chi connectivity index (χ2n) is 5.06. The molecule has 0 aromatic heterocycles. The number of carbonyl (C=O) groups is 6. The number of hydrogen-bond donors (Lipinski definition) is 6. The zero-order chi connectivity index (χ0) is 21.3. The molecule has 14 nitrogen and oxygen atoms in total. The van der Waals surface area contributed by atoms with E-state index in [0.717, 1.165) is 0 Å². The van der Waals surface area contributed by atoms with Crippen LogP contribution in [0.25, 0.3) is 0 Å². The molecule has 0 amide bonds. The summed E-state index contributed by atoms with van der Waals surface area (Å²) in [6.45, 7) is 0. The summed E-state index contributed by atoms with van der Waals surface area (Å²) in [5.74, 6) is -9.57. The maximum atomic E-state index is 10.4. The average Bonchev–Trinajstić information content (AvgIpc) is 2.34. The largest absolute Gasteiger partial charge is 0.481 e. The van der Waals surface area contributed by atoms with Crippen molar-refractivity contribution < 1.29 is 104 Å². The third-order valence-electron chi connectivity index (χ3n) is 2.63. The molecule has 0 saturated carbocycles. The minimum Gasteiger partial charge on any atom is -0.481 e. The molecule has 0 bridgehead atoms. The molecule has 16 heteroatoms. The number of carboxylic acid groups (broad SMARTS) is 6. The number of aliphatic carboxylic acids is 6. The summed E-state index contributed by atoms with van der Waals surface area (Å²) in [6.07, 6.45) is -4.13. The van der Waals surface area contributed by atoms with E-state index in [1.165, 1.54) is 0 Å². The van der Waals surface area contributed by atoms with E-state index in [0.29, 0.717) is 0 Å². The average molecular weight is 498 g/mol. The van der Waals surface area contributed by atoms with Gasteiger partial charge in [-0.1, -0.05) is 0 Å². The maximum Gasteiger partial charge on any atom is 0.388 e. The second kappa shape index (κ2) is 13.9. The molecule has 0 aliphatic carbocycles. The van der Waals surface area contributed by atoms with E-state index in [2.05, 4.69) is 0 Å². The number of hydrogen-bond acceptors (Lipinski definition) is 6. The van der Waals surface area contributed by atoms with Gasteiger partial charge >= 0.3 is 35.8 Å². The van der Waals surface area contributed by atoms with Crippen LogP contribution in [0, 0.1) is 0 Å². The zero-order valence-corrected chi connectivity index (χ0v) is 15.9. The van der Waals surface area contributed by atoms with Crippen molar-refractivity contribution in [1.82, 2.24) is 0 Å². The molecule has 0 aromatic carbocycles. The van der Waals surface area contributed by atoms with Gasteiger partial charge in [0.25, 0.3) is 11.2 Å². The SMILES string of the molecule is O=C(O)CC([OH2+])(CC(=O)O)C(=O)O.O=C(O)CC([OH2+])(CC(=O)O)C(=O)O.[Fe].[Fe]. The van der Waals surface area contributed by atoms with E-state index in [9.17, 15) is 28.8 Å². The molecule has 0 heterocycles. The van der Waals surface area contributed by atoms with E-state index in [1.807, 2.05) is 0 Å². The summed E-state index contributed by atoms with van der Waals surface area (Å²) >= 11 is 0. The van der Waals surface area contributed by atoms with Gasteiger partial charge in [-0.2, -0.15) is 0 Å². The van der Waals surface area contributed by atoms with Crippen LogP contribution in [0.4, 0.5) is 0 Å². The quantitative estimate of drug-likeness (QED) is 0.130. The van der Waals surface area contributed by atoms with Crippen molar-refractivity contribution in [1.29, 1.82) is 0 Å². The molecule has 0 saturated heterocycles. The van der Waals surface area contributed by atoms with Crippen LogP contribution in [0.15, 0.2) is 0 Å². The van der Waals surface area contributed by atoms with Crippen molar-refractivity contribution in [3.8, 4) is 0 Å². The number of carboxylic acids is 6. The normalized spacial score (nSPS) is 10.1. The molecule has 0 aliphatic heterocycles. The summed E-state index contributed by atoms with van der Waals surface area (Å²) < 4.78 is 0. The van der Waals surface area contributed by atoms with Crippen molar-refractivity contribution in [3.63, 3.8) is 0 Å². The Morgan fingerprint density at radius 3 is 0.714 bits per heavy atom. The molecule has 0 fully saturated rings. The van der Waals surface area contributed by atoms with Crippen LogP contribution in [0.3, 0.4) is 0 Å². The Labute approximate surface area is 176 Å². The van der Waals surface area contributed by atoms with Gasteiger partial charge in [-0.15, -0.1) is 0 Å². The Kier molecular flexibility index (Phi) is 16.5. The van der Waals surface area contributed by atoms with Crippen LogP contribution in [-0.4, -0.2) is 87.9 Å². The van der Waals surface area contributed by atoms with E-state index >= 15 is 0 Å². The third kappa shape index (κ3) is 13.9. The minimum atomic E-state index is -2.49. The molecular weight excluding hydrogens is 480 g/mol. The van der Waals surface area contributed by atoms with Gasteiger partial charge in [-0.25, -0.2) is 9.59 Å². The Morgan fingerprint density at radius 2 is 0.643 bits per heavy atom. The fraction of sp³-hybridized carbons (Fsp3) is 0.500. The molecule has 0 aliphatic rings. The topological polar surface area (TPSA) is 270 Å². The predicted molar refractivity (Wildman–Crippen MR) is 77.0 cm³/mol. The van der Waals surface area contributed by atoms with Gasteiger partial charge in [0.1, 0.15) is 25.7 Å². The molecule has 0 unspecified atom stereocenters. The van der Waals surface area contributed by atoms with Crippen LogP contribution >= 0.6 is 0 Å². The molecule has 0 aromatic rings. The summed E-state index contributed by atoms with van der Waals surface area (Å²) in [5.41, 5.74) is -4.98. The predicted octanol–water partition coefficient (Wildman–Crippen LogP) is -3.04. The third-order valence-corrected chi connectivity index (χ3v) is 2.63. The molecular formula is C12H18Fe2O14+2. The molecule has 0 radical (unpaired) electrons. The van der Waals surface area contributed by atoms with Crippen LogP contribution in [-0.2, 0) is 62.9 Å². The Morgan fingerprint density at radius 1 is 0.500 bits per heavy atom. The van der Waals surface area contributed by atoms with Crippen LogP contribution in [0.5, 0.6) is 0 Å². The van der Waals surface area contributed by atoms with Crippen LogP contribution in [0.1, 0.15) is 25.7 Å². The molecule has 0 rings (SSSR count). The van der Waals surface area contributed by atoms with Crippen LogP contribution in [0.2, 0.25) is 0 Å². The Balaban J connectivity index is -0.000000192. The smallest absolute Gasteiger partial charge is 0.388 e. The van der Waals surface area contributed by atoms with Crippen molar-refractivity contribution in [3.05, 3.63) is 0 Å². The van der Waals surface area contributed by atoms with Crippen molar-refractivity contribution >= 4 is 35.8 Å². The first-order valence-electron chi connectivity index (χ1n) is 6.39. The van der Waals surface area contributed by atoms with Crippen molar-refractivity contribution in [2.45, 2.75) is 36.9 Å². The molecule has 10 N–H and O–H groups in total. The summed E-state index contributed by atoms with van der Waals surface area (Å²) in [4.78, 5) is 61.3. The van der Waals surface area contributed by atoms with E-state index in [1.54, 1.807) is 0 Å². The molecule has 0 atom stereocenters. The fourth-order valence-corrected chi connectivity index (χ4v) is 1.46. The Bertz CT molecular complexity index is 517. The maximum absolute atomic E-state index is 10.4. The Hall–Kier alpha value is -2.22. The number of rotatable bonds is 10. The molecule has 0 spiro atoms. The van der Waals surface area contributed by atoms with Gasteiger partial charge in [0.15, 0.2) is 0 Å². The fourth-order valence-electron chi connectivity index (χ4n) is 1.46. The van der Waals surface area contributed by atoms with Crippen molar-refractivity contribution in [2.75, 3.05) is 0 Å². The van der Waals surface area contributed by atoms with Gasteiger partial charge in [-0.05, 0) is 0 Å². The van der Waals surface area contributed by atoms with Gasteiger partial charge in [0, 0.05) is 34.1 Å². The van der Waals surface area contributed by atoms with E-state index in [4.69, 9.17) is 40.9 Å². The molecule has 28 heavy (non-hydrogen) atoms. The van der Waals surface area contributed by atoms with Gasteiger partial charge in [0.05, 0.1) is 0 Å². The van der Waals surface area contributed by atoms with Gasteiger partial charge in [0.2, 0.25) is 0 Å². The summed E-state index contributed by atoms with van der Waals surface area (Å²) in [6, 6.07) is 0. The molecule has 164 valence electrons. The van der Waals surface area contributed by atoms with E-state index in [-0.39, 0.29) is 34.1 Å². The van der Waals surface area contributed by atoms with E-state index < -0.39 is 72.7 Å². The monoisotopic (exact) mass is 498 g/mol.